The van der Waals surface area contributed by atoms with Crippen LogP contribution in [-0.2, 0) is 6.54 Å². The predicted octanol–water partition coefficient (Wildman–Crippen LogP) is 3.83. The maximum Gasteiger partial charge on any atom is 0.290 e. The first-order valence-electron chi connectivity index (χ1n) is 6.68. The first-order valence-corrected chi connectivity index (χ1v) is 7.06. The second-order valence-electron chi connectivity index (χ2n) is 4.79. The lowest BCUT2D eigenvalue weighted by Gasteiger charge is -2.00. The van der Waals surface area contributed by atoms with Gasteiger partial charge in [0.15, 0.2) is 0 Å². The van der Waals surface area contributed by atoms with Crippen molar-refractivity contribution in [3.8, 4) is 11.3 Å². The predicted molar refractivity (Wildman–Crippen MR) is 81.6 cm³/mol. The highest BCUT2D eigenvalue weighted by atomic mass is 35.5. The minimum Gasteiger partial charge on any atom is -0.459 e. The van der Waals surface area contributed by atoms with Crippen LogP contribution in [0.1, 0.15) is 22.0 Å². The van der Waals surface area contributed by atoms with Crippen LogP contribution in [0.15, 0.2) is 51.4 Å². The van der Waals surface area contributed by atoms with E-state index in [1.165, 1.54) is 0 Å². The molecule has 0 spiro atoms. The summed E-state index contributed by atoms with van der Waals surface area (Å²) in [5.41, 5.74) is 1.58. The van der Waals surface area contributed by atoms with E-state index in [2.05, 4.69) is 10.5 Å². The zero-order chi connectivity index (χ0) is 15.5. The first-order chi connectivity index (χ1) is 10.6. The molecule has 0 radical (unpaired) electrons. The molecule has 0 bridgehead atoms. The largest absolute Gasteiger partial charge is 0.459 e. The topological polar surface area (TPSA) is 68.3 Å². The van der Waals surface area contributed by atoms with Gasteiger partial charge in [0.25, 0.3) is 5.91 Å². The summed E-state index contributed by atoms with van der Waals surface area (Å²) < 4.78 is 10.6. The van der Waals surface area contributed by atoms with Gasteiger partial charge in [0.05, 0.1) is 12.2 Å². The number of halogens is 1. The molecule has 0 aliphatic carbocycles. The highest BCUT2D eigenvalue weighted by Crippen LogP contribution is 2.23. The number of carbonyl (C=O) groups excluding carboxylic acids is 1. The highest BCUT2D eigenvalue weighted by Gasteiger charge is 2.12. The molecule has 0 saturated heterocycles. The Morgan fingerprint density at radius 3 is 2.68 bits per heavy atom. The average molecular weight is 317 g/mol. The molecule has 0 saturated carbocycles. The van der Waals surface area contributed by atoms with Gasteiger partial charge in [0.1, 0.15) is 11.5 Å². The SMILES string of the molecule is Cc1cc(C(=O)NCc2ccc(-c3ccc(Cl)cc3)o2)on1. The summed E-state index contributed by atoms with van der Waals surface area (Å²) >= 11 is 5.86. The number of nitrogens with one attached hydrogen (secondary N) is 1. The van der Waals surface area contributed by atoms with E-state index in [-0.39, 0.29) is 18.2 Å². The molecule has 0 fully saturated rings. The van der Waals surface area contributed by atoms with E-state index in [0.29, 0.717) is 16.5 Å². The summed E-state index contributed by atoms with van der Waals surface area (Å²) in [6, 6.07) is 12.6. The number of furan rings is 1. The molecular weight excluding hydrogens is 304 g/mol. The van der Waals surface area contributed by atoms with Crippen molar-refractivity contribution in [1.29, 1.82) is 0 Å². The van der Waals surface area contributed by atoms with Crippen LogP contribution in [0.25, 0.3) is 11.3 Å². The zero-order valence-electron chi connectivity index (χ0n) is 11.8. The third-order valence-electron chi connectivity index (χ3n) is 3.07. The van der Waals surface area contributed by atoms with Crippen molar-refractivity contribution in [2.75, 3.05) is 0 Å². The van der Waals surface area contributed by atoms with Gasteiger partial charge in [-0.25, -0.2) is 0 Å². The van der Waals surface area contributed by atoms with Gasteiger partial charge in [-0.15, -0.1) is 0 Å². The Bertz CT molecular complexity index is 790. The van der Waals surface area contributed by atoms with Crippen LogP contribution in [0.4, 0.5) is 0 Å². The fourth-order valence-corrected chi connectivity index (χ4v) is 2.09. The van der Waals surface area contributed by atoms with Gasteiger partial charge in [-0.2, -0.15) is 0 Å². The van der Waals surface area contributed by atoms with E-state index < -0.39 is 0 Å². The number of aromatic nitrogens is 1. The molecule has 1 aromatic carbocycles. The van der Waals surface area contributed by atoms with E-state index in [1.807, 2.05) is 24.3 Å². The number of amides is 1. The lowest BCUT2D eigenvalue weighted by Crippen LogP contribution is -2.21. The molecular formula is C16H13ClN2O3. The van der Waals surface area contributed by atoms with E-state index in [0.717, 1.165) is 11.3 Å². The fourth-order valence-electron chi connectivity index (χ4n) is 1.97. The van der Waals surface area contributed by atoms with Crippen molar-refractivity contribution in [2.24, 2.45) is 0 Å². The maximum absolute atomic E-state index is 11.8. The van der Waals surface area contributed by atoms with Gasteiger partial charge < -0.3 is 14.3 Å². The van der Waals surface area contributed by atoms with Gasteiger partial charge >= 0.3 is 0 Å². The van der Waals surface area contributed by atoms with Crippen LogP contribution in [0.2, 0.25) is 5.02 Å². The van der Waals surface area contributed by atoms with Crippen LogP contribution < -0.4 is 5.32 Å². The molecule has 112 valence electrons. The minimum atomic E-state index is -0.329. The molecule has 2 aromatic heterocycles. The number of benzene rings is 1. The Kier molecular flexibility index (Phi) is 3.98. The number of hydrogen-bond donors (Lipinski definition) is 1. The van der Waals surface area contributed by atoms with Crippen molar-refractivity contribution in [3.63, 3.8) is 0 Å². The molecule has 1 amide bonds. The van der Waals surface area contributed by atoms with Crippen LogP contribution in [0, 0.1) is 6.92 Å². The average Bonchev–Trinajstić information content (AvgIpc) is 3.15. The molecule has 6 heteroatoms. The van der Waals surface area contributed by atoms with E-state index >= 15 is 0 Å². The zero-order valence-corrected chi connectivity index (χ0v) is 12.6. The monoisotopic (exact) mass is 316 g/mol. The summed E-state index contributed by atoms with van der Waals surface area (Å²) in [4.78, 5) is 11.8. The molecule has 22 heavy (non-hydrogen) atoms. The molecule has 2 heterocycles. The van der Waals surface area contributed by atoms with Crippen LogP contribution in [-0.4, -0.2) is 11.1 Å². The van der Waals surface area contributed by atoms with Gasteiger partial charge in [-0.3, -0.25) is 4.79 Å². The minimum absolute atomic E-state index is 0.182. The van der Waals surface area contributed by atoms with Crippen molar-refractivity contribution in [2.45, 2.75) is 13.5 Å². The number of nitrogens with zero attached hydrogens (tertiary/aromatic N) is 1. The van der Waals surface area contributed by atoms with E-state index in [9.17, 15) is 4.79 Å². The molecule has 0 aliphatic heterocycles. The molecule has 0 unspecified atom stereocenters. The molecule has 3 aromatic rings. The third kappa shape index (κ3) is 3.20. The van der Waals surface area contributed by atoms with E-state index in [1.54, 1.807) is 25.1 Å². The van der Waals surface area contributed by atoms with Crippen LogP contribution in [0.5, 0.6) is 0 Å². The number of hydrogen-bond acceptors (Lipinski definition) is 4. The fraction of sp³-hybridized carbons (Fsp3) is 0.125. The van der Waals surface area contributed by atoms with Crippen molar-refractivity contribution < 1.29 is 13.7 Å². The lowest BCUT2D eigenvalue weighted by atomic mass is 10.2. The number of aryl methyl sites for hydroxylation is 1. The maximum atomic E-state index is 11.8. The number of rotatable bonds is 4. The standard InChI is InChI=1S/C16H13ClN2O3/c1-10-8-15(22-19-10)16(20)18-9-13-6-7-14(21-13)11-2-4-12(17)5-3-11/h2-8H,9H2,1H3,(H,18,20). The summed E-state index contributed by atoms with van der Waals surface area (Å²) in [5, 5.41) is 7.06. The summed E-state index contributed by atoms with van der Waals surface area (Å²) in [7, 11) is 0. The van der Waals surface area contributed by atoms with Gasteiger partial charge in [-0.1, -0.05) is 16.8 Å². The molecule has 0 aliphatic rings. The first kappa shape index (κ1) is 14.4. The van der Waals surface area contributed by atoms with Gasteiger partial charge in [-0.05, 0) is 43.3 Å². The van der Waals surface area contributed by atoms with Crippen molar-refractivity contribution in [1.82, 2.24) is 10.5 Å². The molecule has 1 N–H and O–H groups in total. The molecule has 5 nitrogen and oxygen atoms in total. The highest BCUT2D eigenvalue weighted by molar-refractivity contribution is 6.30. The normalized spacial score (nSPS) is 10.6. The van der Waals surface area contributed by atoms with Crippen molar-refractivity contribution >= 4 is 17.5 Å². The van der Waals surface area contributed by atoms with Crippen LogP contribution >= 0.6 is 11.6 Å². The van der Waals surface area contributed by atoms with Crippen molar-refractivity contribution in [3.05, 3.63) is 64.7 Å². The second-order valence-corrected chi connectivity index (χ2v) is 5.22. The van der Waals surface area contributed by atoms with E-state index in [4.69, 9.17) is 20.5 Å². The quantitative estimate of drug-likeness (QED) is 0.794. The Hall–Kier alpha value is -2.53. The second kappa shape index (κ2) is 6.07. The van der Waals surface area contributed by atoms with Crippen LogP contribution in [0.3, 0.4) is 0 Å². The lowest BCUT2D eigenvalue weighted by molar-refractivity contribution is 0.0911. The summed E-state index contributed by atoms with van der Waals surface area (Å²) in [6.07, 6.45) is 0. The smallest absolute Gasteiger partial charge is 0.290 e. The molecule has 0 atom stereocenters. The summed E-state index contributed by atoms with van der Waals surface area (Å²) in [6.45, 7) is 2.03. The van der Waals surface area contributed by atoms with Gasteiger partial charge in [0, 0.05) is 16.7 Å². The Morgan fingerprint density at radius 1 is 1.23 bits per heavy atom. The Morgan fingerprint density at radius 2 is 2.00 bits per heavy atom. The summed E-state index contributed by atoms with van der Waals surface area (Å²) in [5.74, 6) is 1.22. The molecule has 3 rings (SSSR count). The Labute approximate surface area is 131 Å². The third-order valence-corrected chi connectivity index (χ3v) is 3.32. The number of carbonyl (C=O) groups is 1. The van der Waals surface area contributed by atoms with Gasteiger partial charge in [0.2, 0.25) is 5.76 Å². The Balaban J connectivity index is 1.64.